The molecule has 2 rings (SSSR count). The van der Waals surface area contributed by atoms with Crippen molar-refractivity contribution < 1.29 is 4.79 Å². The lowest BCUT2D eigenvalue weighted by atomic mass is 9.86. The van der Waals surface area contributed by atoms with Crippen molar-refractivity contribution >= 4 is 5.78 Å². The standard InChI is InChI=1S/C18H20O.C2H6/c1-13-6-5-7-15(12-13)17(19)14-8-10-16(11-9-14)18(2,3)4;1-2/h5-12H,1-4H3;1-2H3. The zero-order chi connectivity index (χ0) is 16.0. The van der Waals surface area contributed by atoms with Gasteiger partial charge in [0, 0.05) is 11.1 Å². The van der Waals surface area contributed by atoms with Crippen LogP contribution in [0.15, 0.2) is 48.5 Å². The van der Waals surface area contributed by atoms with Gasteiger partial charge in [-0.15, -0.1) is 0 Å². The highest BCUT2D eigenvalue weighted by Gasteiger charge is 2.14. The van der Waals surface area contributed by atoms with Crippen LogP contribution in [0.25, 0.3) is 0 Å². The van der Waals surface area contributed by atoms with Crippen molar-refractivity contribution in [2.75, 3.05) is 0 Å². The van der Waals surface area contributed by atoms with Crippen LogP contribution in [0.4, 0.5) is 0 Å². The zero-order valence-corrected chi connectivity index (χ0v) is 14.0. The first-order valence-corrected chi connectivity index (χ1v) is 7.60. The van der Waals surface area contributed by atoms with Gasteiger partial charge < -0.3 is 0 Å². The van der Waals surface area contributed by atoms with Crippen LogP contribution < -0.4 is 0 Å². The van der Waals surface area contributed by atoms with Gasteiger partial charge in [-0.3, -0.25) is 4.79 Å². The van der Waals surface area contributed by atoms with Crippen molar-refractivity contribution in [3.05, 3.63) is 70.8 Å². The molecule has 0 amide bonds. The van der Waals surface area contributed by atoms with Crippen LogP contribution >= 0.6 is 0 Å². The molecular weight excluding hydrogens is 256 g/mol. The molecule has 0 heterocycles. The SMILES string of the molecule is CC.Cc1cccc(C(=O)c2ccc(C(C)(C)C)cc2)c1. The van der Waals surface area contributed by atoms with E-state index < -0.39 is 0 Å². The van der Waals surface area contributed by atoms with Crippen LogP contribution in [0.5, 0.6) is 0 Å². The summed E-state index contributed by atoms with van der Waals surface area (Å²) in [6.07, 6.45) is 0. The molecule has 2 aromatic carbocycles. The van der Waals surface area contributed by atoms with E-state index in [-0.39, 0.29) is 11.2 Å². The molecule has 0 fully saturated rings. The molecule has 0 aromatic heterocycles. The van der Waals surface area contributed by atoms with Crippen LogP contribution in [0, 0.1) is 6.92 Å². The average Bonchev–Trinajstić information content (AvgIpc) is 2.48. The number of ketones is 1. The van der Waals surface area contributed by atoms with Gasteiger partial charge in [-0.1, -0.05) is 82.6 Å². The van der Waals surface area contributed by atoms with E-state index in [0.29, 0.717) is 0 Å². The fraction of sp³-hybridized carbons (Fsp3) is 0.350. The Morgan fingerprint density at radius 1 is 0.857 bits per heavy atom. The summed E-state index contributed by atoms with van der Waals surface area (Å²) < 4.78 is 0. The number of rotatable bonds is 2. The Bertz CT molecular complexity index is 586. The summed E-state index contributed by atoms with van der Waals surface area (Å²) in [6, 6.07) is 15.7. The average molecular weight is 282 g/mol. The van der Waals surface area contributed by atoms with E-state index in [1.54, 1.807) is 0 Å². The Morgan fingerprint density at radius 2 is 1.43 bits per heavy atom. The van der Waals surface area contributed by atoms with Crippen LogP contribution in [-0.4, -0.2) is 5.78 Å². The highest BCUT2D eigenvalue weighted by molar-refractivity contribution is 6.09. The van der Waals surface area contributed by atoms with Gasteiger partial charge in [0.15, 0.2) is 5.78 Å². The lowest BCUT2D eigenvalue weighted by Crippen LogP contribution is -2.11. The molecule has 0 aliphatic rings. The summed E-state index contributed by atoms with van der Waals surface area (Å²) in [4.78, 5) is 12.4. The maximum Gasteiger partial charge on any atom is 0.193 e. The molecule has 0 atom stereocenters. The van der Waals surface area contributed by atoms with Crippen molar-refractivity contribution in [2.45, 2.75) is 47.0 Å². The van der Waals surface area contributed by atoms with Crippen molar-refractivity contribution in [1.82, 2.24) is 0 Å². The molecule has 0 aliphatic heterocycles. The second kappa shape index (κ2) is 7.21. The molecule has 2 aromatic rings. The van der Waals surface area contributed by atoms with Crippen molar-refractivity contribution in [1.29, 1.82) is 0 Å². The molecule has 1 nitrogen and oxygen atoms in total. The van der Waals surface area contributed by atoms with Gasteiger partial charge in [0.1, 0.15) is 0 Å². The van der Waals surface area contributed by atoms with Crippen LogP contribution in [0.1, 0.15) is 61.7 Å². The van der Waals surface area contributed by atoms with Crippen LogP contribution in [0.3, 0.4) is 0 Å². The third-order valence-corrected chi connectivity index (χ3v) is 3.29. The van der Waals surface area contributed by atoms with E-state index >= 15 is 0 Å². The second-order valence-electron chi connectivity index (χ2n) is 6.03. The van der Waals surface area contributed by atoms with Gasteiger partial charge in [-0.2, -0.15) is 0 Å². The topological polar surface area (TPSA) is 17.1 Å². The first-order chi connectivity index (χ1) is 9.88. The van der Waals surface area contributed by atoms with Crippen LogP contribution in [0.2, 0.25) is 0 Å². The van der Waals surface area contributed by atoms with Crippen molar-refractivity contribution in [2.24, 2.45) is 0 Å². The monoisotopic (exact) mass is 282 g/mol. The highest BCUT2D eigenvalue weighted by Crippen LogP contribution is 2.23. The Labute approximate surface area is 129 Å². The van der Waals surface area contributed by atoms with E-state index in [9.17, 15) is 4.79 Å². The third kappa shape index (κ3) is 4.56. The predicted octanol–water partition coefficient (Wildman–Crippen LogP) is 5.55. The number of benzene rings is 2. The molecule has 112 valence electrons. The lowest BCUT2D eigenvalue weighted by molar-refractivity contribution is 0.103. The molecule has 0 saturated heterocycles. The summed E-state index contributed by atoms with van der Waals surface area (Å²) in [6.45, 7) is 12.5. The second-order valence-corrected chi connectivity index (χ2v) is 6.03. The highest BCUT2D eigenvalue weighted by atomic mass is 16.1. The number of hydrogen-bond donors (Lipinski definition) is 0. The molecular formula is C20H26O. The Morgan fingerprint density at radius 3 is 1.90 bits per heavy atom. The minimum atomic E-state index is 0.0872. The lowest BCUT2D eigenvalue weighted by Gasteiger charge is -2.19. The maximum absolute atomic E-state index is 12.4. The number of carbonyl (C=O) groups excluding carboxylic acids is 1. The normalized spacial score (nSPS) is 10.6. The maximum atomic E-state index is 12.4. The molecule has 0 aliphatic carbocycles. The van der Waals surface area contributed by atoms with E-state index in [4.69, 9.17) is 0 Å². The molecule has 0 unspecified atom stereocenters. The quantitative estimate of drug-likeness (QED) is 0.660. The molecule has 0 saturated carbocycles. The summed E-state index contributed by atoms with van der Waals surface area (Å²) in [5.74, 6) is 0.0872. The largest absolute Gasteiger partial charge is 0.289 e. The van der Waals surface area contributed by atoms with Crippen molar-refractivity contribution in [3.8, 4) is 0 Å². The number of carbonyl (C=O) groups is 1. The van der Waals surface area contributed by atoms with E-state index in [0.717, 1.165) is 16.7 Å². The summed E-state index contributed by atoms with van der Waals surface area (Å²) in [7, 11) is 0. The Kier molecular flexibility index (Phi) is 5.90. The number of aryl methyl sites for hydroxylation is 1. The molecule has 0 spiro atoms. The molecule has 21 heavy (non-hydrogen) atoms. The molecule has 0 bridgehead atoms. The predicted molar refractivity (Wildman–Crippen MR) is 91.1 cm³/mol. The smallest absolute Gasteiger partial charge is 0.193 e. The van der Waals surface area contributed by atoms with Gasteiger partial charge in [-0.25, -0.2) is 0 Å². The third-order valence-electron chi connectivity index (χ3n) is 3.29. The van der Waals surface area contributed by atoms with Crippen molar-refractivity contribution in [3.63, 3.8) is 0 Å². The van der Waals surface area contributed by atoms with Gasteiger partial charge in [0.2, 0.25) is 0 Å². The first kappa shape index (κ1) is 17.2. The van der Waals surface area contributed by atoms with Gasteiger partial charge in [0.05, 0.1) is 0 Å². The fourth-order valence-electron chi connectivity index (χ4n) is 2.07. The van der Waals surface area contributed by atoms with Gasteiger partial charge in [-0.05, 0) is 24.0 Å². The van der Waals surface area contributed by atoms with Crippen LogP contribution in [-0.2, 0) is 5.41 Å². The zero-order valence-electron chi connectivity index (χ0n) is 14.0. The minimum absolute atomic E-state index is 0.0872. The summed E-state index contributed by atoms with van der Waals surface area (Å²) in [5, 5.41) is 0. The van der Waals surface area contributed by atoms with E-state index in [1.807, 2.05) is 69.3 Å². The Balaban J connectivity index is 0.00000106. The number of hydrogen-bond acceptors (Lipinski definition) is 1. The first-order valence-electron chi connectivity index (χ1n) is 7.60. The summed E-state index contributed by atoms with van der Waals surface area (Å²) >= 11 is 0. The van der Waals surface area contributed by atoms with E-state index in [1.165, 1.54) is 5.56 Å². The molecule has 0 radical (unpaired) electrons. The minimum Gasteiger partial charge on any atom is -0.289 e. The Hall–Kier alpha value is -1.89. The summed E-state index contributed by atoms with van der Waals surface area (Å²) in [5.41, 5.74) is 3.97. The van der Waals surface area contributed by atoms with E-state index in [2.05, 4.69) is 20.8 Å². The van der Waals surface area contributed by atoms with Gasteiger partial charge >= 0.3 is 0 Å². The fourth-order valence-corrected chi connectivity index (χ4v) is 2.07. The molecule has 0 N–H and O–H groups in total. The molecule has 1 heteroatoms. The van der Waals surface area contributed by atoms with Gasteiger partial charge in [0.25, 0.3) is 0 Å².